The Hall–Kier alpha value is -2.07. The average molecular weight is 363 g/mol. The summed E-state index contributed by atoms with van der Waals surface area (Å²) in [6, 6.07) is 14.2. The molecule has 1 heterocycles. The standard InChI is InChI=1S/C20H23FN2O.ClH/c1-14-12-19(16-7-3-4-8-17(16)21)23(13-14)20(24)11-10-15-6-2-5-9-18(15)22;/h2-9,14,19H,10-13,22H2,1H3;1H. The molecule has 1 saturated heterocycles. The molecule has 2 aromatic carbocycles. The van der Waals surface area contributed by atoms with Crippen molar-refractivity contribution in [3.05, 3.63) is 65.5 Å². The summed E-state index contributed by atoms with van der Waals surface area (Å²) >= 11 is 0. The van der Waals surface area contributed by atoms with Crippen LogP contribution in [0.15, 0.2) is 48.5 Å². The Balaban J connectivity index is 0.00000225. The number of nitrogens with two attached hydrogens (primary N) is 1. The van der Waals surface area contributed by atoms with E-state index in [1.807, 2.05) is 35.2 Å². The summed E-state index contributed by atoms with van der Waals surface area (Å²) in [5, 5.41) is 0. The van der Waals surface area contributed by atoms with Crippen molar-refractivity contribution >= 4 is 24.0 Å². The fraction of sp³-hybridized carbons (Fsp3) is 0.350. The van der Waals surface area contributed by atoms with Crippen molar-refractivity contribution < 1.29 is 9.18 Å². The van der Waals surface area contributed by atoms with E-state index in [0.717, 1.165) is 12.0 Å². The number of anilines is 1. The van der Waals surface area contributed by atoms with Crippen LogP contribution in [0.5, 0.6) is 0 Å². The van der Waals surface area contributed by atoms with Gasteiger partial charge in [-0.3, -0.25) is 4.79 Å². The number of carbonyl (C=O) groups is 1. The molecule has 0 bridgehead atoms. The van der Waals surface area contributed by atoms with Gasteiger partial charge < -0.3 is 10.6 Å². The van der Waals surface area contributed by atoms with Crippen LogP contribution in [0.25, 0.3) is 0 Å². The maximum absolute atomic E-state index is 14.2. The Morgan fingerprint density at radius 2 is 1.88 bits per heavy atom. The van der Waals surface area contributed by atoms with Crippen molar-refractivity contribution in [2.24, 2.45) is 5.92 Å². The third-order valence-electron chi connectivity index (χ3n) is 4.76. The number of hydrogen-bond donors (Lipinski definition) is 1. The van der Waals surface area contributed by atoms with Crippen molar-refractivity contribution in [3.8, 4) is 0 Å². The number of aryl methyl sites for hydroxylation is 1. The number of rotatable bonds is 4. The minimum atomic E-state index is -0.235. The summed E-state index contributed by atoms with van der Waals surface area (Å²) in [6.07, 6.45) is 1.81. The van der Waals surface area contributed by atoms with E-state index in [2.05, 4.69) is 6.92 Å². The second-order valence-electron chi connectivity index (χ2n) is 6.62. The first-order valence-corrected chi connectivity index (χ1v) is 8.43. The molecule has 0 aliphatic carbocycles. The number of halogens is 2. The molecule has 0 spiro atoms. The molecule has 2 atom stereocenters. The molecule has 0 radical (unpaired) electrons. The van der Waals surface area contributed by atoms with Gasteiger partial charge in [0.05, 0.1) is 6.04 Å². The van der Waals surface area contributed by atoms with Gasteiger partial charge in [-0.1, -0.05) is 43.3 Å². The summed E-state index contributed by atoms with van der Waals surface area (Å²) < 4.78 is 14.2. The van der Waals surface area contributed by atoms with Gasteiger partial charge in [0.15, 0.2) is 0 Å². The minimum absolute atomic E-state index is 0. The summed E-state index contributed by atoms with van der Waals surface area (Å²) in [5.41, 5.74) is 8.27. The predicted octanol–water partition coefficient (Wildman–Crippen LogP) is 4.37. The zero-order valence-electron chi connectivity index (χ0n) is 14.3. The molecule has 3 nitrogen and oxygen atoms in total. The molecule has 0 aromatic heterocycles. The fourth-order valence-corrected chi connectivity index (χ4v) is 3.51. The van der Waals surface area contributed by atoms with Crippen LogP contribution in [-0.4, -0.2) is 17.4 Å². The highest BCUT2D eigenvalue weighted by atomic mass is 35.5. The number of benzene rings is 2. The second-order valence-corrected chi connectivity index (χ2v) is 6.62. The van der Waals surface area contributed by atoms with Crippen LogP contribution < -0.4 is 5.73 Å². The van der Waals surface area contributed by atoms with Gasteiger partial charge in [-0.05, 0) is 36.5 Å². The van der Waals surface area contributed by atoms with E-state index in [0.29, 0.717) is 36.6 Å². The topological polar surface area (TPSA) is 46.3 Å². The van der Waals surface area contributed by atoms with Crippen molar-refractivity contribution in [1.82, 2.24) is 4.90 Å². The summed E-state index contributed by atoms with van der Waals surface area (Å²) in [5.74, 6) is 0.206. The van der Waals surface area contributed by atoms with Crippen molar-refractivity contribution in [3.63, 3.8) is 0 Å². The minimum Gasteiger partial charge on any atom is -0.399 e. The fourth-order valence-electron chi connectivity index (χ4n) is 3.51. The molecule has 3 rings (SSSR count). The first-order valence-electron chi connectivity index (χ1n) is 8.43. The molecule has 1 aliphatic heterocycles. The highest BCUT2D eigenvalue weighted by Crippen LogP contribution is 2.36. The second kappa shape index (κ2) is 8.34. The number of amides is 1. The Morgan fingerprint density at radius 1 is 1.20 bits per heavy atom. The number of carbonyl (C=O) groups excluding carboxylic acids is 1. The van der Waals surface area contributed by atoms with Crippen molar-refractivity contribution in [2.75, 3.05) is 12.3 Å². The monoisotopic (exact) mass is 362 g/mol. The lowest BCUT2D eigenvalue weighted by Gasteiger charge is -2.25. The zero-order valence-corrected chi connectivity index (χ0v) is 15.1. The first-order chi connectivity index (χ1) is 11.6. The molecule has 2 unspecified atom stereocenters. The van der Waals surface area contributed by atoms with Crippen LogP contribution >= 0.6 is 12.4 Å². The van der Waals surface area contributed by atoms with Crippen LogP contribution in [0.3, 0.4) is 0 Å². The Morgan fingerprint density at radius 3 is 2.60 bits per heavy atom. The molecule has 2 aromatic rings. The van der Waals surface area contributed by atoms with Crippen molar-refractivity contribution in [2.45, 2.75) is 32.2 Å². The van der Waals surface area contributed by atoms with Gasteiger partial charge in [0.1, 0.15) is 5.82 Å². The largest absolute Gasteiger partial charge is 0.399 e. The molecule has 1 fully saturated rings. The summed E-state index contributed by atoms with van der Waals surface area (Å²) in [4.78, 5) is 14.6. The normalized spacial score (nSPS) is 19.5. The van der Waals surface area contributed by atoms with E-state index in [9.17, 15) is 9.18 Å². The highest BCUT2D eigenvalue weighted by molar-refractivity contribution is 5.85. The van der Waals surface area contributed by atoms with Crippen LogP contribution in [-0.2, 0) is 11.2 Å². The lowest BCUT2D eigenvalue weighted by molar-refractivity contribution is -0.132. The molecule has 2 N–H and O–H groups in total. The van der Waals surface area contributed by atoms with Gasteiger partial charge in [-0.25, -0.2) is 4.39 Å². The highest BCUT2D eigenvalue weighted by Gasteiger charge is 2.35. The maximum atomic E-state index is 14.2. The number of nitrogens with zero attached hydrogens (tertiary/aromatic N) is 1. The Labute approximate surface area is 154 Å². The smallest absolute Gasteiger partial charge is 0.223 e. The molecule has 134 valence electrons. The van der Waals surface area contributed by atoms with Crippen LogP contribution in [0, 0.1) is 11.7 Å². The maximum Gasteiger partial charge on any atom is 0.223 e. The van der Waals surface area contributed by atoms with E-state index in [4.69, 9.17) is 5.73 Å². The van der Waals surface area contributed by atoms with Crippen molar-refractivity contribution in [1.29, 1.82) is 0 Å². The summed E-state index contributed by atoms with van der Waals surface area (Å²) in [6.45, 7) is 2.79. The van der Waals surface area contributed by atoms with Gasteiger partial charge in [0.25, 0.3) is 0 Å². The number of nitrogen functional groups attached to an aromatic ring is 1. The quantitative estimate of drug-likeness (QED) is 0.821. The molecular weight excluding hydrogens is 339 g/mol. The number of likely N-dealkylation sites (tertiary alicyclic amines) is 1. The predicted molar refractivity (Wildman–Crippen MR) is 101 cm³/mol. The van der Waals surface area contributed by atoms with Gasteiger partial charge >= 0.3 is 0 Å². The molecule has 1 amide bonds. The molecule has 5 heteroatoms. The van der Waals surface area contributed by atoms with E-state index >= 15 is 0 Å². The lowest BCUT2D eigenvalue weighted by Crippen LogP contribution is -2.31. The van der Waals surface area contributed by atoms with Gasteiger partial charge in [-0.15, -0.1) is 12.4 Å². The average Bonchev–Trinajstić information content (AvgIpc) is 2.96. The van der Waals surface area contributed by atoms with Crippen LogP contribution in [0.1, 0.15) is 36.9 Å². The number of para-hydroxylation sites is 1. The molecule has 25 heavy (non-hydrogen) atoms. The SMILES string of the molecule is CC1CC(c2ccccc2F)N(C(=O)CCc2ccccc2N)C1.Cl. The third-order valence-corrected chi connectivity index (χ3v) is 4.76. The van der Waals surface area contributed by atoms with E-state index < -0.39 is 0 Å². The van der Waals surface area contributed by atoms with Gasteiger partial charge in [-0.2, -0.15) is 0 Å². The van der Waals surface area contributed by atoms with Crippen LogP contribution in [0.2, 0.25) is 0 Å². The molecule has 1 aliphatic rings. The summed E-state index contributed by atoms with van der Waals surface area (Å²) in [7, 11) is 0. The van der Waals surface area contributed by atoms with Gasteiger partial charge in [0, 0.05) is 24.2 Å². The zero-order chi connectivity index (χ0) is 17.1. The van der Waals surface area contributed by atoms with E-state index in [1.54, 1.807) is 12.1 Å². The first kappa shape index (κ1) is 19.3. The Kier molecular flexibility index (Phi) is 6.43. The van der Waals surface area contributed by atoms with Gasteiger partial charge in [0.2, 0.25) is 5.91 Å². The Bertz CT molecular complexity index is 737. The van der Waals surface area contributed by atoms with E-state index in [-0.39, 0.29) is 30.2 Å². The molecular formula is C20H24ClFN2O. The lowest BCUT2D eigenvalue weighted by atomic mass is 10.00. The third kappa shape index (κ3) is 4.31. The molecule has 0 saturated carbocycles. The van der Waals surface area contributed by atoms with Crippen LogP contribution in [0.4, 0.5) is 10.1 Å². The van der Waals surface area contributed by atoms with E-state index in [1.165, 1.54) is 6.07 Å². The number of hydrogen-bond acceptors (Lipinski definition) is 2.